The summed E-state index contributed by atoms with van der Waals surface area (Å²) >= 11 is 11.9. The molecule has 114 valence electrons. The van der Waals surface area contributed by atoms with Crippen molar-refractivity contribution in [2.45, 2.75) is 32.3 Å². The van der Waals surface area contributed by atoms with E-state index in [0.29, 0.717) is 12.1 Å². The van der Waals surface area contributed by atoms with Crippen LogP contribution in [0.2, 0.25) is 10.0 Å². The van der Waals surface area contributed by atoms with E-state index >= 15 is 0 Å². The number of nitrogens with zero attached hydrogens (tertiary/aromatic N) is 1. The van der Waals surface area contributed by atoms with Crippen LogP contribution in [-0.4, -0.2) is 31.4 Å². The molecule has 1 aromatic rings. The van der Waals surface area contributed by atoms with Gasteiger partial charge in [-0.3, -0.25) is 0 Å². The van der Waals surface area contributed by atoms with Crippen molar-refractivity contribution in [3.8, 4) is 0 Å². The minimum absolute atomic E-state index is 0.0423. The highest BCUT2D eigenvalue weighted by molar-refractivity contribution is 7.89. The Hall–Kier alpha value is -0.330. The van der Waals surface area contributed by atoms with Crippen LogP contribution in [0.1, 0.15) is 26.3 Å². The van der Waals surface area contributed by atoms with Gasteiger partial charge in [0.05, 0.1) is 11.6 Å². The highest BCUT2D eigenvalue weighted by atomic mass is 35.5. The highest BCUT2D eigenvalue weighted by Gasteiger charge is 2.28. The summed E-state index contributed by atoms with van der Waals surface area (Å²) in [5, 5.41) is 9.48. The van der Waals surface area contributed by atoms with Crippen molar-refractivity contribution < 1.29 is 13.5 Å². The van der Waals surface area contributed by atoms with Crippen LogP contribution >= 0.6 is 23.2 Å². The summed E-state index contributed by atoms with van der Waals surface area (Å²) in [6.45, 7) is 5.84. The van der Waals surface area contributed by atoms with Crippen molar-refractivity contribution in [1.29, 1.82) is 0 Å². The van der Waals surface area contributed by atoms with Gasteiger partial charge in [-0.1, -0.05) is 44.0 Å². The number of hydrogen-bond donors (Lipinski definition) is 1. The Morgan fingerprint density at radius 2 is 1.75 bits per heavy atom. The van der Waals surface area contributed by atoms with Gasteiger partial charge in [-0.2, -0.15) is 0 Å². The molecule has 20 heavy (non-hydrogen) atoms. The van der Waals surface area contributed by atoms with Crippen molar-refractivity contribution in [3.05, 3.63) is 27.7 Å². The molecule has 1 rings (SSSR count). The first-order valence-corrected chi connectivity index (χ1v) is 8.24. The number of rotatable bonds is 4. The molecule has 0 amide bonds. The zero-order valence-electron chi connectivity index (χ0n) is 11.9. The van der Waals surface area contributed by atoms with E-state index in [4.69, 9.17) is 23.2 Å². The standard InChI is InChI=1S/C13H19Cl2NO3S/c1-13(2,3)8-16(4)20(18,19)12-5-9(7-17)10(14)6-11(12)15/h5-6,17H,7-8H2,1-4H3. The van der Waals surface area contributed by atoms with E-state index in [1.807, 2.05) is 20.8 Å². The molecule has 0 saturated heterocycles. The quantitative estimate of drug-likeness (QED) is 0.916. The molecule has 1 aromatic carbocycles. The second-order valence-electron chi connectivity index (χ2n) is 5.85. The van der Waals surface area contributed by atoms with Crippen molar-refractivity contribution in [3.63, 3.8) is 0 Å². The minimum atomic E-state index is -3.72. The maximum absolute atomic E-state index is 12.5. The normalized spacial score (nSPS) is 13.0. The van der Waals surface area contributed by atoms with Crippen LogP contribution in [0.5, 0.6) is 0 Å². The van der Waals surface area contributed by atoms with E-state index in [1.54, 1.807) is 0 Å². The first-order chi connectivity index (χ1) is 8.99. The summed E-state index contributed by atoms with van der Waals surface area (Å²) in [5.41, 5.74) is 0.152. The lowest BCUT2D eigenvalue weighted by Crippen LogP contribution is -2.34. The SMILES string of the molecule is CN(CC(C)(C)C)S(=O)(=O)c1cc(CO)c(Cl)cc1Cl. The zero-order chi connectivity index (χ0) is 15.7. The predicted molar refractivity (Wildman–Crippen MR) is 81.7 cm³/mol. The summed E-state index contributed by atoms with van der Waals surface area (Å²) in [4.78, 5) is -0.0423. The zero-order valence-corrected chi connectivity index (χ0v) is 14.3. The monoisotopic (exact) mass is 339 g/mol. The molecule has 4 nitrogen and oxygen atoms in total. The number of sulfonamides is 1. The van der Waals surface area contributed by atoms with Crippen LogP contribution in [0.15, 0.2) is 17.0 Å². The molecule has 0 unspecified atom stereocenters. The number of hydrogen-bond acceptors (Lipinski definition) is 3. The van der Waals surface area contributed by atoms with Crippen LogP contribution in [0.4, 0.5) is 0 Å². The summed E-state index contributed by atoms with van der Waals surface area (Å²) in [6, 6.07) is 2.66. The Morgan fingerprint density at radius 3 is 2.20 bits per heavy atom. The summed E-state index contributed by atoms with van der Waals surface area (Å²) in [6.07, 6.45) is 0. The third-order valence-electron chi connectivity index (χ3n) is 2.66. The van der Waals surface area contributed by atoms with Crippen LogP contribution in [0, 0.1) is 5.41 Å². The molecule has 0 heterocycles. The summed E-state index contributed by atoms with van der Waals surface area (Å²) < 4.78 is 26.3. The van der Waals surface area contributed by atoms with E-state index < -0.39 is 10.0 Å². The van der Waals surface area contributed by atoms with E-state index in [0.717, 1.165) is 0 Å². The Balaban J connectivity index is 3.29. The number of aliphatic hydroxyl groups excluding tert-OH is 1. The molecule has 0 aliphatic rings. The molecule has 1 N–H and O–H groups in total. The fourth-order valence-corrected chi connectivity index (χ4v) is 4.04. The Bertz CT molecular complexity index is 594. The van der Waals surface area contributed by atoms with Gasteiger partial charge in [-0.25, -0.2) is 12.7 Å². The Kier molecular flexibility index (Phi) is 5.49. The minimum Gasteiger partial charge on any atom is -0.392 e. The lowest BCUT2D eigenvalue weighted by molar-refractivity contribution is 0.281. The van der Waals surface area contributed by atoms with Gasteiger partial charge in [-0.05, 0) is 23.1 Å². The molecule has 0 aromatic heterocycles. The third-order valence-corrected chi connectivity index (χ3v) is 5.28. The van der Waals surface area contributed by atoms with Gasteiger partial charge < -0.3 is 5.11 Å². The van der Waals surface area contributed by atoms with Crippen molar-refractivity contribution in [1.82, 2.24) is 4.31 Å². The van der Waals surface area contributed by atoms with Gasteiger partial charge in [0.15, 0.2) is 0 Å². The molecule has 0 aliphatic heterocycles. The van der Waals surface area contributed by atoms with Crippen molar-refractivity contribution >= 4 is 33.2 Å². The van der Waals surface area contributed by atoms with Gasteiger partial charge in [0.1, 0.15) is 4.90 Å². The van der Waals surface area contributed by atoms with Gasteiger partial charge >= 0.3 is 0 Å². The van der Waals surface area contributed by atoms with E-state index in [2.05, 4.69) is 0 Å². The van der Waals surface area contributed by atoms with E-state index in [9.17, 15) is 13.5 Å². The smallest absolute Gasteiger partial charge is 0.244 e. The largest absolute Gasteiger partial charge is 0.392 e. The van der Waals surface area contributed by atoms with Gasteiger partial charge in [-0.15, -0.1) is 0 Å². The van der Waals surface area contributed by atoms with Gasteiger partial charge in [0.25, 0.3) is 0 Å². The molecule has 7 heteroatoms. The molecule has 0 fully saturated rings. The lowest BCUT2D eigenvalue weighted by atomic mass is 9.97. The third kappa shape index (κ3) is 4.09. The van der Waals surface area contributed by atoms with Crippen LogP contribution in [-0.2, 0) is 16.6 Å². The molecule has 0 aliphatic carbocycles. The average molecular weight is 340 g/mol. The van der Waals surface area contributed by atoms with Gasteiger partial charge in [0.2, 0.25) is 10.0 Å². The first kappa shape index (κ1) is 17.7. The molecular weight excluding hydrogens is 321 g/mol. The molecule has 0 radical (unpaired) electrons. The Labute approximate surface area is 130 Å². The molecule has 0 atom stereocenters. The van der Waals surface area contributed by atoms with Crippen molar-refractivity contribution in [2.24, 2.45) is 5.41 Å². The number of benzene rings is 1. The van der Waals surface area contributed by atoms with Crippen molar-refractivity contribution in [2.75, 3.05) is 13.6 Å². The van der Waals surface area contributed by atoms with Crippen LogP contribution in [0.25, 0.3) is 0 Å². The fourth-order valence-electron chi connectivity index (χ4n) is 1.81. The van der Waals surface area contributed by atoms with E-state index in [1.165, 1.54) is 23.5 Å². The first-order valence-electron chi connectivity index (χ1n) is 6.04. The second-order valence-corrected chi connectivity index (χ2v) is 8.68. The average Bonchev–Trinajstić information content (AvgIpc) is 2.26. The lowest BCUT2D eigenvalue weighted by Gasteiger charge is -2.26. The molecular formula is C13H19Cl2NO3S. The summed E-state index contributed by atoms with van der Waals surface area (Å²) in [7, 11) is -2.22. The van der Waals surface area contributed by atoms with Crippen LogP contribution in [0.3, 0.4) is 0 Å². The Morgan fingerprint density at radius 1 is 1.20 bits per heavy atom. The van der Waals surface area contributed by atoms with Gasteiger partial charge in [0, 0.05) is 18.6 Å². The fraction of sp³-hybridized carbons (Fsp3) is 0.538. The maximum Gasteiger partial charge on any atom is 0.244 e. The molecule has 0 saturated carbocycles. The highest BCUT2D eigenvalue weighted by Crippen LogP contribution is 2.31. The van der Waals surface area contributed by atoms with Crippen LogP contribution < -0.4 is 0 Å². The number of aliphatic hydroxyl groups is 1. The second kappa shape index (κ2) is 6.20. The van der Waals surface area contributed by atoms with E-state index in [-0.39, 0.29) is 27.0 Å². The molecule has 0 spiro atoms. The number of halogens is 2. The molecule has 0 bridgehead atoms. The topological polar surface area (TPSA) is 57.6 Å². The predicted octanol–water partition coefficient (Wildman–Crippen LogP) is 3.15. The maximum atomic E-state index is 12.5. The summed E-state index contributed by atoms with van der Waals surface area (Å²) in [5.74, 6) is 0.